The van der Waals surface area contributed by atoms with Crippen LogP contribution in [0.25, 0.3) is 0 Å². The molecule has 0 radical (unpaired) electrons. The van der Waals surface area contributed by atoms with E-state index >= 15 is 0 Å². The predicted molar refractivity (Wildman–Crippen MR) is 68.3 cm³/mol. The molecule has 0 aromatic carbocycles. The molecular weight excluding hydrogens is 264 g/mol. The molecule has 1 N–H and O–H groups in total. The molecule has 0 amide bonds. The van der Waals surface area contributed by atoms with Crippen molar-refractivity contribution in [1.82, 2.24) is 15.2 Å². The van der Waals surface area contributed by atoms with Crippen LogP contribution in [0.2, 0.25) is 5.15 Å². The van der Waals surface area contributed by atoms with Crippen molar-refractivity contribution in [1.29, 1.82) is 0 Å². The zero-order valence-electron chi connectivity index (χ0n) is 8.48. The molecule has 2 aromatic rings. The Morgan fingerprint density at radius 2 is 2.31 bits per heavy atom. The molecule has 0 fully saturated rings. The maximum atomic E-state index is 5.80. The molecule has 0 aliphatic rings. The summed E-state index contributed by atoms with van der Waals surface area (Å²) in [6.07, 6.45) is 0. The van der Waals surface area contributed by atoms with Crippen LogP contribution in [0.3, 0.4) is 0 Å². The van der Waals surface area contributed by atoms with E-state index in [1.807, 2.05) is 19.2 Å². The molecular formula is C9H9ClN4S2. The van der Waals surface area contributed by atoms with Crippen molar-refractivity contribution in [3.8, 4) is 0 Å². The second-order valence-electron chi connectivity index (χ2n) is 2.86. The van der Waals surface area contributed by atoms with Crippen LogP contribution >= 0.6 is 34.7 Å². The van der Waals surface area contributed by atoms with Crippen LogP contribution in [0.5, 0.6) is 0 Å². The number of nitrogens with one attached hydrogen (secondary N) is 1. The summed E-state index contributed by atoms with van der Waals surface area (Å²) >= 11 is 8.92. The average Bonchev–Trinajstić information content (AvgIpc) is 2.74. The zero-order valence-corrected chi connectivity index (χ0v) is 10.9. The number of halogens is 1. The third kappa shape index (κ3) is 3.07. The van der Waals surface area contributed by atoms with E-state index in [-0.39, 0.29) is 0 Å². The maximum Gasteiger partial charge on any atom is 0.206 e. The van der Waals surface area contributed by atoms with E-state index in [1.54, 1.807) is 17.8 Å². The van der Waals surface area contributed by atoms with Crippen LogP contribution in [0.15, 0.2) is 22.5 Å². The second-order valence-corrected chi connectivity index (χ2v) is 5.45. The molecule has 16 heavy (non-hydrogen) atoms. The van der Waals surface area contributed by atoms with Crippen LogP contribution in [-0.2, 0) is 5.75 Å². The van der Waals surface area contributed by atoms with Crippen LogP contribution in [0, 0.1) is 0 Å². The highest BCUT2D eigenvalue weighted by Gasteiger charge is 2.04. The summed E-state index contributed by atoms with van der Waals surface area (Å²) in [6, 6.07) is 5.60. The Morgan fingerprint density at radius 3 is 3.00 bits per heavy atom. The van der Waals surface area contributed by atoms with E-state index in [1.165, 1.54) is 11.3 Å². The van der Waals surface area contributed by atoms with E-state index in [0.717, 1.165) is 20.9 Å². The standard InChI is InChI=1S/C9H9ClN4S2/c1-11-8-13-14-9(16-8)15-5-6-3-2-4-7(10)12-6/h2-4H,5H2,1H3,(H,11,13). The molecule has 4 nitrogen and oxygen atoms in total. The second kappa shape index (κ2) is 5.47. The molecule has 2 aromatic heterocycles. The SMILES string of the molecule is CNc1nnc(SCc2cccc(Cl)n2)s1. The topological polar surface area (TPSA) is 50.7 Å². The smallest absolute Gasteiger partial charge is 0.206 e. The summed E-state index contributed by atoms with van der Waals surface area (Å²) in [5.41, 5.74) is 0.943. The fraction of sp³-hybridized carbons (Fsp3) is 0.222. The fourth-order valence-corrected chi connectivity index (χ4v) is 2.83. The molecule has 84 valence electrons. The van der Waals surface area contributed by atoms with Gasteiger partial charge in [0.15, 0.2) is 4.34 Å². The van der Waals surface area contributed by atoms with Crippen molar-refractivity contribution < 1.29 is 0 Å². The largest absolute Gasteiger partial charge is 0.363 e. The van der Waals surface area contributed by atoms with Gasteiger partial charge >= 0.3 is 0 Å². The highest BCUT2D eigenvalue weighted by atomic mass is 35.5. The number of aromatic nitrogens is 3. The molecule has 0 saturated heterocycles. The highest BCUT2D eigenvalue weighted by Crippen LogP contribution is 2.27. The van der Waals surface area contributed by atoms with Crippen LogP contribution < -0.4 is 5.32 Å². The highest BCUT2D eigenvalue weighted by molar-refractivity contribution is 8.00. The Morgan fingerprint density at radius 1 is 1.44 bits per heavy atom. The fourth-order valence-electron chi connectivity index (χ4n) is 1.04. The average molecular weight is 273 g/mol. The van der Waals surface area contributed by atoms with Gasteiger partial charge in [-0.15, -0.1) is 10.2 Å². The number of anilines is 1. The minimum Gasteiger partial charge on any atom is -0.363 e. The monoisotopic (exact) mass is 272 g/mol. The number of hydrogen-bond acceptors (Lipinski definition) is 6. The Hall–Kier alpha value is -0.850. The first-order valence-electron chi connectivity index (χ1n) is 4.53. The van der Waals surface area contributed by atoms with Crippen LogP contribution in [0.4, 0.5) is 5.13 Å². The zero-order chi connectivity index (χ0) is 11.4. The molecule has 2 rings (SSSR count). The van der Waals surface area contributed by atoms with Crippen molar-refractivity contribution in [2.24, 2.45) is 0 Å². The van der Waals surface area contributed by atoms with E-state index in [9.17, 15) is 0 Å². The van der Waals surface area contributed by atoms with Gasteiger partial charge in [-0.3, -0.25) is 0 Å². The summed E-state index contributed by atoms with van der Waals surface area (Å²) in [6.45, 7) is 0. The molecule has 0 aliphatic heterocycles. The number of pyridine rings is 1. The van der Waals surface area contributed by atoms with Gasteiger partial charge in [-0.25, -0.2) is 4.98 Å². The lowest BCUT2D eigenvalue weighted by Gasteiger charge is -1.97. The number of thioether (sulfide) groups is 1. The third-order valence-corrected chi connectivity index (χ3v) is 4.05. The van der Waals surface area contributed by atoms with Gasteiger partial charge in [-0.2, -0.15) is 0 Å². The van der Waals surface area contributed by atoms with Gasteiger partial charge in [0.25, 0.3) is 0 Å². The van der Waals surface area contributed by atoms with Crippen LogP contribution in [0.1, 0.15) is 5.69 Å². The van der Waals surface area contributed by atoms with E-state index in [2.05, 4.69) is 20.5 Å². The summed E-state index contributed by atoms with van der Waals surface area (Å²) in [4.78, 5) is 4.20. The van der Waals surface area contributed by atoms with Gasteiger partial charge in [-0.05, 0) is 12.1 Å². The van der Waals surface area contributed by atoms with Gasteiger partial charge in [-0.1, -0.05) is 40.8 Å². The molecule has 0 spiro atoms. The van der Waals surface area contributed by atoms with Gasteiger partial charge in [0.1, 0.15) is 5.15 Å². The lowest BCUT2D eigenvalue weighted by Crippen LogP contribution is -1.86. The van der Waals surface area contributed by atoms with Crippen molar-refractivity contribution in [2.75, 3.05) is 12.4 Å². The van der Waals surface area contributed by atoms with Crippen molar-refractivity contribution in [3.05, 3.63) is 29.0 Å². The van der Waals surface area contributed by atoms with E-state index in [4.69, 9.17) is 11.6 Å². The molecule has 0 unspecified atom stereocenters. The summed E-state index contributed by atoms with van der Waals surface area (Å²) in [5, 5.41) is 12.3. The van der Waals surface area contributed by atoms with Crippen molar-refractivity contribution >= 4 is 39.8 Å². The molecule has 0 saturated carbocycles. The van der Waals surface area contributed by atoms with Crippen molar-refractivity contribution in [3.63, 3.8) is 0 Å². The Balaban J connectivity index is 1.96. The normalized spacial score (nSPS) is 10.4. The lowest BCUT2D eigenvalue weighted by atomic mass is 10.4. The first-order valence-corrected chi connectivity index (χ1v) is 6.71. The quantitative estimate of drug-likeness (QED) is 0.685. The lowest BCUT2D eigenvalue weighted by molar-refractivity contribution is 1.01. The molecule has 0 bridgehead atoms. The van der Waals surface area contributed by atoms with Crippen molar-refractivity contribution in [2.45, 2.75) is 10.1 Å². The summed E-state index contributed by atoms with van der Waals surface area (Å²) < 4.78 is 0.922. The third-order valence-electron chi connectivity index (χ3n) is 1.74. The minimum atomic E-state index is 0.520. The van der Waals surface area contributed by atoms with Crippen LogP contribution in [-0.4, -0.2) is 22.2 Å². The molecule has 2 heterocycles. The first-order chi connectivity index (χ1) is 7.78. The Bertz CT molecular complexity index is 474. The Kier molecular flexibility index (Phi) is 3.98. The van der Waals surface area contributed by atoms with Gasteiger partial charge in [0.05, 0.1) is 5.69 Å². The summed E-state index contributed by atoms with van der Waals surface area (Å²) in [5.74, 6) is 0.749. The summed E-state index contributed by atoms with van der Waals surface area (Å²) in [7, 11) is 1.83. The van der Waals surface area contributed by atoms with Gasteiger partial charge in [0, 0.05) is 12.8 Å². The maximum absolute atomic E-state index is 5.80. The van der Waals surface area contributed by atoms with E-state index < -0.39 is 0 Å². The predicted octanol–water partition coefficient (Wildman–Crippen LogP) is 2.92. The Labute approximate surface area is 106 Å². The van der Waals surface area contributed by atoms with Gasteiger partial charge in [0.2, 0.25) is 5.13 Å². The van der Waals surface area contributed by atoms with E-state index in [0.29, 0.717) is 5.15 Å². The number of nitrogens with zero attached hydrogens (tertiary/aromatic N) is 3. The first kappa shape index (κ1) is 11.6. The number of hydrogen-bond donors (Lipinski definition) is 1. The molecule has 7 heteroatoms. The number of rotatable bonds is 4. The molecule has 0 atom stereocenters. The minimum absolute atomic E-state index is 0.520. The molecule has 0 aliphatic carbocycles. The van der Waals surface area contributed by atoms with Gasteiger partial charge < -0.3 is 5.32 Å².